The van der Waals surface area contributed by atoms with E-state index >= 15 is 0 Å². The SMILES string of the molecule is CNC(=O)C(C)(CC1Cc2cc(F)ccc2O1)C(=O)O. The van der Waals surface area contributed by atoms with Gasteiger partial charge in [-0.15, -0.1) is 0 Å². The highest BCUT2D eigenvalue weighted by Gasteiger charge is 2.44. The Balaban J connectivity index is 2.16. The monoisotopic (exact) mass is 281 g/mol. The van der Waals surface area contributed by atoms with Crippen molar-refractivity contribution in [3.63, 3.8) is 0 Å². The van der Waals surface area contributed by atoms with E-state index in [2.05, 4.69) is 5.32 Å². The Morgan fingerprint density at radius 2 is 2.25 bits per heavy atom. The van der Waals surface area contributed by atoms with Crippen molar-refractivity contribution in [2.45, 2.75) is 25.9 Å². The molecule has 1 heterocycles. The Kier molecular flexibility index (Phi) is 3.65. The molecular weight excluding hydrogens is 265 g/mol. The molecule has 0 bridgehead atoms. The zero-order valence-electron chi connectivity index (χ0n) is 11.3. The minimum Gasteiger partial charge on any atom is -0.490 e. The zero-order valence-corrected chi connectivity index (χ0v) is 11.3. The molecule has 1 aliphatic rings. The maximum Gasteiger partial charge on any atom is 0.319 e. The van der Waals surface area contributed by atoms with E-state index in [1.54, 1.807) is 0 Å². The van der Waals surface area contributed by atoms with E-state index in [1.165, 1.54) is 32.2 Å². The highest BCUT2D eigenvalue weighted by molar-refractivity contribution is 6.01. The second-order valence-corrected chi connectivity index (χ2v) is 5.12. The van der Waals surface area contributed by atoms with Crippen LogP contribution in [0.15, 0.2) is 18.2 Å². The van der Waals surface area contributed by atoms with Crippen molar-refractivity contribution in [1.82, 2.24) is 5.32 Å². The van der Waals surface area contributed by atoms with E-state index in [0.717, 1.165) is 0 Å². The summed E-state index contributed by atoms with van der Waals surface area (Å²) >= 11 is 0. The van der Waals surface area contributed by atoms with Gasteiger partial charge in [-0.25, -0.2) is 4.39 Å². The molecule has 1 aromatic rings. The Morgan fingerprint density at radius 3 is 2.85 bits per heavy atom. The summed E-state index contributed by atoms with van der Waals surface area (Å²) in [6, 6.07) is 4.17. The number of benzene rings is 1. The van der Waals surface area contributed by atoms with E-state index in [1.807, 2.05) is 0 Å². The Hall–Kier alpha value is -2.11. The predicted molar refractivity (Wildman–Crippen MR) is 68.9 cm³/mol. The maximum atomic E-state index is 13.1. The number of carboxylic acids is 1. The summed E-state index contributed by atoms with van der Waals surface area (Å²) in [6.07, 6.45) is -0.0316. The summed E-state index contributed by atoms with van der Waals surface area (Å²) in [6.45, 7) is 1.36. The standard InChI is InChI=1S/C14H16FNO4/c1-14(13(18)19,12(17)16-2)7-10-6-8-5-9(15)3-4-11(8)20-10/h3-5,10H,6-7H2,1-2H3,(H,16,17)(H,18,19). The van der Waals surface area contributed by atoms with Crippen LogP contribution in [-0.4, -0.2) is 30.1 Å². The van der Waals surface area contributed by atoms with Crippen LogP contribution in [0.3, 0.4) is 0 Å². The molecule has 0 saturated heterocycles. The number of rotatable bonds is 4. The first-order valence-corrected chi connectivity index (χ1v) is 6.27. The van der Waals surface area contributed by atoms with Crippen LogP contribution in [0.1, 0.15) is 18.9 Å². The lowest BCUT2D eigenvalue weighted by molar-refractivity contribution is -0.156. The third-order valence-electron chi connectivity index (χ3n) is 3.60. The molecule has 1 aliphatic heterocycles. The fraction of sp³-hybridized carbons (Fsp3) is 0.429. The van der Waals surface area contributed by atoms with E-state index in [-0.39, 0.29) is 12.2 Å². The van der Waals surface area contributed by atoms with Gasteiger partial charge in [0, 0.05) is 25.5 Å². The Labute approximate surface area is 115 Å². The third kappa shape index (κ3) is 2.45. The number of hydrogen-bond donors (Lipinski definition) is 2. The normalized spacial score (nSPS) is 19.6. The summed E-state index contributed by atoms with van der Waals surface area (Å²) in [5, 5.41) is 11.6. The molecule has 108 valence electrons. The molecule has 0 aromatic heterocycles. The molecule has 0 aliphatic carbocycles. The molecule has 2 rings (SSSR count). The Bertz CT molecular complexity index is 560. The summed E-state index contributed by atoms with van der Waals surface area (Å²) in [5.41, 5.74) is -0.875. The van der Waals surface area contributed by atoms with Gasteiger partial charge in [0.05, 0.1) is 0 Å². The van der Waals surface area contributed by atoms with Crippen LogP contribution in [0.4, 0.5) is 4.39 Å². The number of halogens is 1. The lowest BCUT2D eigenvalue weighted by Crippen LogP contribution is -2.45. The predicted octanol–water partition coefficient (Wildman–Crippen LogP) is 1.36. The van der Waals surface area contributed by atoms with E-state index < -0.39 is 23.4 Å². The van der Waals surface area contributed by atoms with Crippen molar-refractivity contribution in [2.75, 3.05) is 7.05 Å². The van der Waals surface area contributed by atoms with Gasteiger partial charge < -0.3 is 15.2 Å². The quantitative estimate of drug-likeness (QED) is 0.817. The molecule has 0 radical (unpaired) electrons. The maximum absolute atomic E-state index is 13.1. The van der Waals surface area contributed by atoms with Gasteiger partial charge in [-0.1, -0.05) is 0 Å². The molecule has 6 heteroatoms. The average molecular weight is 281 g/mol. The second-order valence-electron chi connectivity index (χ2n) is 5.12. The zero-order chi connectivity index (χ0) is 14.9. The molecule has 2 N–H and O–H groups in total. The number of ether oxygens (including phenoxy) is 1. The van der Waals surface area contributed by atoms with E-state index in [4.69, 9.17) is 4.74 Å². The van der Waals surface area contributed by atoms with Crippen LogP contribution >= 0.6 is 0 Å². The number of fused-ring (bicyclic) bond motifs is 1. The number of carbonyl (C=O) groups excluding carboxylic acids is 1. The molecular formula is C14H16FNO4. The van der Waals surface area contributed by atoms with Crippen LogP contribution in [-0.2, 0) is 16.0 Å². The average Bonchev–Trinajstić information content (AvgIpc) is 2.78. The van der Waals surface area contributed by atoms with Gasteiger partial charge in [-0.2, -0.15) is 0 Å². The Morgan fingerprint density at radius 1 is 1.55 bits per heavy atom. The molecule has 5 nitrogen and oxygen atoms in total. The lowest BCUT2D eigenvalue weighted by Gasteiger charge is -2.25. The summed E-state index contributed by atoms with van der Waals surface area (Å²) in [4.78, 5) is 23.1. The number of nitrogens with one attached hydrogen (secondary N) is 1. The van der Waals surface area contributed by atoms with Crippen molar-refractivity contribution in [3.05, 3.63) is 29.6 Å². The minimum absolute atomic E-state index is 0.0261. The molecule has 20 heavy (non-hydrogen) atoms. The summed E-state index contributed by atoms with van der Waals surface area (Å²) in [5.74, 6) is -1.60. The van der Waals surface area contributed by atoms with Gasteiger partial charge in [0.1, 0.15) is 23.1 Å². The highest BCUT2D eigenvalue weighted by atomic mass is 19.1. The first-order valence-electron chi connectivity index (χ1n) is 6.27. The van der Waals surface area contributed by atoms with Crippen LogP contribution in [0.25, 0.3) is 0 Å². The smallest absolute Gasteiger partial charge is 0.319 e. The molecule has 2 atom stereocenters. The summed E-state index contributed by atoms with van der Waals surface area (Å²) in [7, 11) is 1.39. The van der Waals surface area contributed by atoms with Gasteiger partial charge >= 0.3 is 5.97 Å². The second kappa shape index (κ2) is 5.11. The number of aliphatic carboxylic acids is 1. The van der Waals surface area contributed by atoms with E-state index in [9.17, 15) is 19.1 Å². The van der Waals surface area contributed by atoms with Gasteiger partial charge in [0.25, 0.3) is 0 Å². The molecule has 0 spiro atoms. The van der Waals surface area contributed by atoms with Crippen LogP contribution in [0, 0.1) is 11.2 Å². The molecule has 1 amide bonds. The summed E-state index contributed by atoms with van der Waals surface area (Å²) < 4.78 is 18.7. The first-order chi connectivity index (χ1) is 9.36. The fourth-order valence-corrected chi connectivity index (χ4v) is 2.41. The van der Waals surface area contributed by atoms with Gasteiger partial charge in [-0.3, -0.25) is 9.59 Å². The van der Waals surface area contributed by atoms with Gasteiger partial charge in [0.15, 0.2) is 0 Å². The van der Waals surface area contributed by atoms with Crippen LogP contribution in [0.5, 0.6) is 5.75 Å². The number of amides is 1. The highest BCUT2D eigenvalue weighted by Crippen LogP contribution is 2.35. The van der Waals surface area contributed by atoms with Crippen molar-refractivity contribution in [3.8, 4) is 5.75 Å². The van der Waals surface area contributed by atoms with Crippen LogP contribution < -0.4 is 10.1 Å². The molecule has 2 unspecified atom stereocenters. The topological polar surface area (TPSA) is 75.6 Å². The van der Waals surface area contributed by atoms with Gasteiger partial charge in [-0.05, 0) is 25.1 Å². The van der Waals surface area contributed by atoms with Crippen molar-refractivity contribution < 1.29 is 23.8 Å². The molecule has 0 saturated carbocycles. The third-order valence-corrected chi connectivity index (χ3v) is 3.60. The van der Waals surface area contributed by atoms with Crippen molar-refractivity contribution >= 4 is 11.9 Å². The minimum atomic E-state index is -1.57. The largest absolute Gasteiger partial charge is 0.490 e. The van der Waals surface area contributed by atoms with Crippen molar-refractivity contribution in [1.29, 1.82) is 0 Å². The lowest BCUT2D eigenvalue weighted by atomic mass is 9.82. The first kappa shape index (κ1) is 14.3. The number of carboxylic acid groups (broad SMARTS) is 1. The molecule has 1 aromatic carbocycles. The fourth-order valence-electron chi connectivity index (χ4n) is 2.41. The number of carbonyl (C=O) groups is 2. The number of hydrogen-bond acceptors (Lipinski definition) is 3. The van der Waals surface area contributed by atoms with E-state index in [0.29, 0.717) is 17.7 Å². The van der Waals surface area contributed by atoms with Gasteiger partial charge in [0.2, 0.25) is 5.91 Å². The molecule has 0 fully saturated rings. The van der Waals surface area contributed by atoms with Crippen LogP contribution in [0.2, 0.25) is 0 Å². The van der Waals surface area contributed by atoms with Crippen molar-refractivity contribution in [2.24, 2.45) is 5.41 Å².